The first-order valence-electron chi connectivity index (χ1n) is 4.42. The van der Waals surface area contributed by atoms with E-state index in [1.807, 2.05) is 12.1 Å². The normalized spacial score (nSPS) is 23.1. The van der Waals surface area contributed by atoms with Crippen LogP contribution < -0.4 is 9.46 Å². The number of pyridine rings is 1. The molecule has 1 aromatic heterocycles. The average molecular weight is 194 g/mol. The van der Waals surface area contributed by atoms with Gasteiger partial charge in [0.1, 0.15) is 5.60 Å². The molecule has 1 aromatic rings. The van der Waals surface area contributed by atoms with Crippen LogP contribution in [0.5, 0.6) is 5.88 Å². The summed E-state index contributed by atoms with van der Waals surface area (Å²) in [6.07, 6.45) is 4.08. The number of ether oxygens (including phenoxy) is 1. The van der Waals surface area contributed by atoms with E-state index in [1.54, 1.807) is 18.1 Å². The summed E-state index contributed by atoms with van der Waals surface area (Å²) in [7, 11) is 0. The summed E-state index contributed by atoms with van der Waals surface area (Å²) in [6.45, 7) is 0.925. The van der Waals surface area contributed by atoms with Crippen molar-refractivity contribution in [2.24, 2.45) is 0 Å². The van der Waals surface area contributed by atoms with Gasteiger partial charge in [0, 0.05) is 12.7 Å². The van der Waals surface area contributed by atoms with Gasteiger partial charge in [-0.3, -0.25) is 4.72 Å². The van der Waals surface area contributed by atoms with Crippen LogP contribution in [0.15, 0.2) is 23.2 Å². The first-order valence-corrected chi connectivity index (χ1v) is 5.23. The SMILES string of the molecule is c1cnc2c(c1)SNCC1(CC1)O2. The van der Waals surface area contributed by atoms with Crippen LogP contribution in [0.3, 0.4) is 0 Å². The standard InChI is InChI=1S/C9H10N2OS/c1-2-7-8(10-5-1)12-9(3-4-9)6-11-13-7/h1-2,5,11H,3-4,6H2. The van der Waals surface area contributed by atoms with E-state index < -0.39 is 0 Å². The van der Waals surface area contributed by atoms with Crippen LogP contribution in [-0.4, -0.2) is 17.1 Å². The van der Waals surface area contributed by atoms with Crippen molar-refractivity contribution in [2.75, 3.05) is 6.54 Å². The number of fused-ring (bicyclic) bond motifs is 1. The molecule has 1 aliphatic carbocycles. The molecule has 3 nitrogen and oxygen atoms in total. The van der Waals surface area contributed by atoms with Crippen LogP contribution in [0, 0.1) is 0 Å². The minimum absolute atomic E-state index is 0.0621. The van der Waals surface area contributed by atoms with Gasteiger partial charge in [-0.15, -0.1) is 0 Å². The molecule has 0 bridgehead atoms. The fourth-order valence-electron chi connectivity index (χ4n) is 1.44. The molecule has 1 spiro atoms. The van der Waals surface area contributed by atoms with Gasteiger partial charge in [0.2, 0.25) is 5.88 Å². The van der Waals surface area contributed by atoms with Crippen LogP contribution in [-0.2, 0) is 0 Å². The first kappa shape index (κ1) is 7.64. The Hall–Kier alpha value is -0.740. The molecular weight excluding hydrogens is 184 g/mol. The van der Waals surface area contributed by atoms with E-state index in [9.17, 15) is 0 Å². The Kier molecular flexibility index (Phi) is 1.54. The predicted octanol–water partition coefficient (Wildman–Crippen LogP) is 1.60. The summed E-state index contributed by atoms with van der Waals surface area (Å²) >= 11 is 1.61. The van der Waals surface area contributed by atoms with Crippen molar-refractivity contribution in [3.63, 3.8) is 0 Å². The topological polar surface area (TPSA) is 34.2 Å². The molecular formula is C9H10N2OS. The van der Waals surface area contributed by atoms with Crippen LogP contribution in [0.4, 0.5) is 0 Å². The zero-order valence-corrected chi connectivity index (χ0v) is 7.93. The van der Waals surface area contributed by atoms with Crippen molar-refractivity contribution in [2.45, 2.75) is 23.3 Å². The monoisotopic (exact) mass is 194 g/mol. The summed E-state index contributed by atoms with van der Waals surface area (Å²) in [6, 6.07) is 3.96. The van der Waals surface area contributed by atoms with E-state index in [2.05, 4.69) is 9.71 Å². The molecule has 0 atom stereocenters. The van der Waals surface area contributed by atoms with Gasteiger partial charge in [-0.05, 0) is 36.9 Å². The van der Waals surface area contributed by atoms with Gasteiger partial charge in [-0.1, -0.05) is 0 Å². The maximum atomic E-state index is 5.86. The van der Waals surface area contributed by atoms with Gasteiger partial charge in [0.05, 0.1) is 4.90 Å². The van der Waals surface area contributed by atoms with Crippen molar-refractivity contribution in [3.05, 3.63) is 18.3 Å². The summed E-state index contributed by atoms with van der Waals surface area (Å²) < 4.78 is 9.17. The summed E-state index contributed by atoms with van der Waals surface area (Å²) in [5.74, 6) is 0.787. The van der Waals surface area contributed by atoms with E-state index in [0.29, 0.717) is 0 Å². The number of hydrogen-bond acceptors (Lipinski definition) is 4. The van der Waals surface area contributed by atoms with Crippen LogP contribution in [0.1, 0.15) is 12.8 Å². The minimum Gasteiger partial charge on any atom is -0.469 e. The van der Waals surface area contributed by atoms with Crippen molar-refractivity contribution in [1.82, 2.24) is 9.71 Å². The van der Waals surface area contributed by atoms with Gasteiger partial charge < -0.3 is 4.74 Å². The lowest BCUT2D eigenvalue weighted by Gasteiger charge is -2.13. The third-order valence-corrected chi connectivity index (χ3v) is 3.25. The Morgan fingerprint density at radius 1 is 1.54 bits per heavy atom. The quantitative estimate of drug-likeness (QED) is 0.636. The zero-order valence-electron chi connectivity index (χ0n) is 7.12. The lowest BCUT2D eigenvalue weighted by Crippen LogP contribution is -2.28. The van der Waals surface area contributed by atoms with Gasteiger partial charge in [-0.2, -0.15) is 0 Å². The molecule has 0 aromatic carbocycles. The zero-order chi connectivity index (χ0) is 8.73. The molecule has 4 heteroatoms. The highest BCUT2D eigenvalue weighted by Crippen LogP contribution is 2.43. The Morgan fingerprint density at radius 2 is 2.46 bits per heavy atom. The van der Waals surface area contributed by atoms with Crippen LogP contribution in [0.25, 0.3) is 0 Å². The molecule has 0 radical (unpaired) electrons. The molecule has 3 rings (SSSR count). The van der Waals surface area contributed by atoms with Gasteiger partial charge >= 0.3 is 0 Å². The Labute approximate surface area is 81.0 Å². The fourth-order valence-corrected chi connectivity index (χ4v) is 2.25. The number of rotatable bonds is 0. The highest BCUT2D eigenvalue weighted by Gasteiger charge is 2.47. The highest BCUT2D eigenvalue weighted by molar-refractivity contribution is 7.97. The van der Waals surface area contributed by atoms with E-state index in [1.165, 1.54) is 0 Å². The van der Waals surface area contributed by atoms with E-state index in [-0.39, 0.29) is 5.60 Å². The third-order valence-electron chi connectivity index (χ3n) is 2.43. The summed E-state index contributed by atoms with van der Waals surface area (Å²) in [4.78, 5) is 5.32. The molecule has 0 unspecified atom stereocenters. The van der Waals surface area contributed by atoms with Crippen molar-refractivity contribution < 1.29 is 4.74 Å². The molecule has 68 valence electrons. The number of aromatic nitrogens is 1. The summed E-state index contributed by atoms with van der Waals surface area (Å²) in [5, 5.41) is 0. The van der Waals surface area contributed by atoms with E-state index >= 15 is 0 Å². The molecule has 1 fully saturated rings. The van der Waals surface area contributed by atoms with Gasteiger partial charge in [-0.25, -0.2) is 4.98 Å². The number of nitrogens with one attached hydrogen (secondary N) is 1. The second-order valence-electron chi connectivity index (χ2n) is 3.51. The predicted molar refractivity (Wildman–Crippen MR) is 50.7 cm³/mol. The van der Waals surface area contributed by atoms with Gasteiger partial charge in [0.15, 0.2) is 0 Å². The molecule has 2 aliphatic rings. The Balaban J connectivity index is 1.99. The first-order chi connectivity index (χ1) is 6.38. The van der Waals surface area contributed by atoms with Crippen LogP contribution >= 0.6 is 11.9 Å². The maximum absolute atomic E-state index is 5.86. The maximum Gasteiger partial charge on any atom is 0.229 e. The minimum atomic E-state index is 0.0621. The highest BCUT2D eigenvalue weighted by atomic mass is 32.2. The lowest BCUT2D eigenvalue weighted by atomic mass is 10.3. The fraction of sp³-hybridized carbons (Fsp3) is 0.444. The number of nitrogens with zero attached hydrogens (tertiary/aromatic N) is 1. The van der Waals surface area contributed by atoms with E-state index in [0.717, 1.165) is 30.2 Å². The van der Waals surface area contributed by atoms with E-state index in [4.69, 9.17) is 4.74 Å². The number of hydrogen-bond donors (Lipinski definition) is 1. The van der Waals surface area contributed by atoms with Gasteiger partial charge in [0.25, 0.3) is 0 Å². The molecule has 0 saturated heterocycles. The molecule has 1 saturated carbocycles. The van der Waals surface area contributed by atoms with Crippen molar-refractivity contribution in [1.29, 1.82) is 0 Å². The molecule has 2 heterocycles. The molecule has 13 heavy (non-hydrogen) atoms. The smallest absolute Gasteiger partial charge is 0.229 e. The Morgan fingerprint density at radius 3 is 3.31 bits per heavy atom. The Bertz CT molecular complexity index is 338. The second kappa shape index (κ2) is 2.62. The van der Waals surface area contributed by atoms with Crippen molar-refractivity contribution >= 4 is 11.9 Å². The summed E-state index contributed by atoms with van der Waals surface area (Å²) in [5.41, 5.74) is 0.0621. The second-order valence-corrected chi connectivity index (χ2v) is 4.45. The average Bonchev–Trinajstić information content (AvgIpc) is 2.92. The van der Waals surface area contributed by atoms with Crippen molar-refractivity contribution in [3.8, 4) is 5.88 Å². The lowest BCUT2D eigenvalue weighted by molar-refractivity contribution is 0.174. The van der Waals surface area contributed by atoms with Crippen LogP contribution in [0.2, 0.25) is 0 Å². The molecule has 1 aliphatic heterocycles. The third kappa shape index (κ3) is 1.30. The molecule has 0 amide bonds. The largest absolute Gasteiger partial charge is 0.469 e. The molecule has 1 N–H and O–H groups in total.